The van der Waals surface area contributed by atoms with Crippen LogP contribution in [0.3, 0.4) is 0 Å². The summed E-state index contributed by atoms with van der Waals surface area (Å²) in [5, 5.41) is 5.62. The van der Waals surface area contributed by atoms with Crippen LogP contribution in [0.4, 0.5) is 4.79 Å². The highest BCUT2D eigenvalue weighted by molar-refractivity contribution is 6.39. The highest BCUT2D eigenvalue weighted by atomic mass is 35.5. The molecule has 2 amide bonds. The average molecular weight is 433 g/mol. The zero-order valence-electron chi connectivity index (χ0n) is 16.4. The number of rotatable bonds is 8. The minimum absolute atomic E-state index is 0.103. The third-order valence-electron chi connectivity index (χ3n) is 3.57. The maximum Gasteiger partial charge on any atom is 0.407 e. The van der Waals surface area contributed by atoms with Crippen LogP contribution in [0.15, 0.2) is 18.2 Å². The van der Waals surface area contributed by atoms with Gasteiger partial charge in [-0.2, -0.15) is 0 Å². The molecule has 7 nitrogen and oxygen atoms in total. The zero-order valence-corrected chi connectivity index (χ0v) is 17.9. The molecule has 0 radical (unpaired) electrons. The largest absolute Gasteiger partial charge is 0.467 e. The Hall–Kier alpha value is -1.99. The van der Waals surface area contributed by atoms with Crippen LogP contribution in [0, 0.1) is 0 Å². The molecule has 0 aromatic heterocycles. The first kappa shape index (κ1) is 24.0. The summed E-state index contributed by atoms with van der Waals surface area (Å²) >= 11 is 12.1. The lowest BCUT2D eigenvalue weighted by Crippen LogP contribution is -2.41. The van der Waals surface area contributed by atoms with E-state index in [-0.39, 0.29) is 15.6 Å². The molecule has 0 aliphatic heterocycles. The van der Waals surface area contributed by atoms with Crippen molar-refractivity contribution < 1.29 is 23.9 Å². The molecule has 0 aliphatic rings. The average Bonchev–Trinajstić information content (AvgIpc) is 2.58. The highest BCUT2D eigenvalue weighted by Gasteiger charge is 2.24. The molecule has 1 aromatic rings. The number of alkyl carbamates (subject to hydrolysis) is 1. The summed E-state index contributed by atoms with van der Waals surface area (Å²) in [5.74, 6) is -1.13. The van der Waals surface area contributed by atoms with Crippen molar-refractivity contribution in [2.24, 2.45) is 0 Å². The van der Waals surface area contributed by atoms with Gasteiger partial charge in [-0.25, -0.2) is 9.59 Å². The van der Waals surface area contributed by atoms with Crippen molar-refractivity contribution in [1.29, 1.82) is 0 Å². The van der Waals surface area contributed by atoms with Crippen LogP contribution >= 0.6 is 23.2 Å². The maximum atomic E-state index is 12.5. The number of carbonyl (C=O) groups excluding carboxylic acids is 3. The van der Waals surface area contributed by atoms with Gasteiger partial charge in [-0.3, -0.25) is 4.79 Å². The van der Waals surface area contributed by atoms with Crippen LogP contribution in [0.2, 0.25) is 10.0 Å². The number of benzene rings is 1. The number of halogens is 2. The molecule has 9 heteroatoms. The first-order valence-electron chi connectivity index (χ1n) is 8.84. The molecule has 0 heterocycles. The zero-order chi connectivity index (χ0) is 21.3. The van der Waals surface area contributed by atoms with Crippen molar-refractivity contribution in [3.8, 4) is 0 Å². The Morgan fingerprint density at radius 1 is 1.11 bits per heavy atom. The molecule has 1 aromatic carbocycles. The van der Waals surface area contributed by atoms with Gasteiger partial charge >= 0.3 is 12.1 Å². The molecule has 0 aliphatic carbocycles. The van der Waals surface area contributed by atoms with Gasteiger partial charge in [-0.1, -0.05) is 29.3 Å². The van der Waals surface area contributed by atoms with Gasteiger partial charge in [0, 0.05) is 6.54 Å². The van der Waals surface area contributed by atoms with Gasteiger partial charge in [0.05, 0.1) is 22.7 Å². The number of amides is 2. The minimum atomic E-state index is -0.855. The van der Waals surface area contributed by atoms with Crippen molar-refractivity contribution in [1.82, 2.24) is 10.6 Å². The Labute approximate surface area is 175 Å². The number of carbonyl (C=O) groups is 3. The summed E-state index contributed by atoms with van der Waals surface area (Å²) in [7, 11) is 1.24. The fourth-order valence-corrected chi connectivity index (χ4v) is 2.88. The number of nitrogens with one attached hydrogen (secondary N) is 2. The first-order valence-corrected chi connectivity index (χ1v) is 9.60. The molecular formula is C19H26Cl2N2O5. The van der Waals surface area contributed by atoms with Crippen LogP contribution in [-0.4, -0.2) is 43.3 Å². The summed E-state index contributed by atoms with van der Waals surface area (Å²) in [5.41, 5.74) is -0.462. The second kappa shape index (κ2) is 11.1. The topological polar surface area (TPSA) is 93.7 Å². The van der Waals surface area contributed by atoms with Gasteiger partial charge in [-0.05, 0) is 52.2 Å². The lowest BCUT2D eigenvalue weighted by atomic mass is 10.1. The molecule has 0 spiro atoms. The van der Waals surface area contributed by atoms with Gasteiger partial charge in [-0.15, -0.1) is 0 Å². The third kappa shape index (κ3) is 8.35. The van der Waals surface area contributed by atoms with Crippen LogP contribution in [0.5, 0.6) is 0 Å². The van der Waals surface area contributed by atoms with E-state index in [2.05, 4.69) is 10.6 Å². The number of unbranched alkanes of at least 4 members (excludes halogenated alkanes) is 1. The molecule has 0 bridgehead atoms. The van der Waals surface area contributed by atoms with Crippen molar-refractivity contribution in [3.05, 3.63) is 33.8 Å². The summed E-state index contributed by atoms with van der Waals surface area (Å²) in [6, 6.07) is 3.85. The Kier molecular flexibility index (Phi) is 9.55. The predicted molar refractivity (Wildman–Crippen MR) is 108 cm³/mol. The van der Waals surface area contributed by atoms with E-state index in [0.29, 0.717) is 25.8 Å². The van der Waals surface area contributed by atoms with Gasteiger partial charge in [0.25, 0.3) is 5.91 Å². The number of methoxy groups -OCH3 is 1. The van der Waals surface area contributed by atoms with E-state index < -0.39 is 29.6 Å². The highest BCUT2D eigenvalue weighted by Crippen LogP contribution is 2.24. The smallest absolute Gasteiger partial charge is 0.407 e. The molecule has 0 saturated carbocycles. The predicted octanol–water partition coefficient (Wildman–Crippen LogP) is 3.96. The fraction of sp³-hybridized carbons (Fsp3) is 0.526. The molecule has 0 fully saturated rings. The Morgan fingerprint density at radius 2 is 1.71 bits per heavy atom. The Morgan fingerprint density at radius 3 is 2.25 bits per heavy atom. The number of hydrogen-bond donors (Lipinski definition) is 2. The van der Waals surface area contributed by atoms with Crippen molar-refractivity contribution in [2.75, 3.05) is 13.7 Å². The van der Waals surface area contributed by atoms with E-state index >= 15 is 0 Å². The number of hydrogen-bond acceptors (Lipinski definition) is 5. The normalized spacial score (nSPS) is 12.1. The summed E-state index contributed by atoms with van der Waals surface area (Å²) < 4.78 is 9.89. The molecule has 1 rings (SSSR count). The van der Waals surface area contributed by atoms with Crippen molar-refractivity contribution in [3.63, 3.8) is 0 Å². The Bertz CT molecular complexity index is 684. The number of esters is 1. The molecule has 0 saturated heterocycles. The molecular weight excluding hydrogens is 407 g/mol. The fourth-order valence-electron chi connectivity index (χ4n) is 2.31. The van der Waals surface area contributed by atoms with Gasteiger partial charge < -0.3 is 20.1 Å². The third-order valence-corrected chi connectivity index (χ3v) is 4.20. The van der Waals surface area contributed by atoms with Gasteiger partial charge in [0.2, 0.25) is 0 Å². The summed E-state index contributed by atoms with van der Waals surface area (Å²) in [6.45, 7) is 5.72. The van der Waals surface area contributed by atoms with E-state index in [9.17, 15) is 14.4 Å². The van der Waals surface area contributed by atoms with E-state index in [1.807, 2.05) is 0 Å². The SMILES string of the molecule is COC(=O)[C@H](CCCCNC(=O)OC(C)(C)C)NC(=O)c1c(Cl)cccc1Cl. The van der Waals surface area contributed by atoms with E-state index in [4.69, 9.17) is 32.7 Å². The van der Waals surface area contributed by atoms with Crippen molar-refractivity contribution >= 4 is 41.2 Å². The van der Waals surface area contributed by atoms with Crippen LogP contribution in [0.1, 0.15) is 50.4 Å². The van der Waals surface area contributed by atoms with E-state index in [1.54, 1.807) is 26.8 Å². The van der Waals surface area contributed by atoms with Crippen molar-refractivity contribution in [2.45, 2.75) is 51.7 Å². The second-order valence-electron chi connectivity index (χ2n) is 7.07. The van der Waals surface area contributed by atoms with E-state index in [0.717, 1.165) is 0 Å². The van der Waals surface area contributed by atoms with Crippen LogP contribution < -0.4 is 10.6 Å². The molecule has 0 unspecified atom stereocenters. The lowest BCUT2D eigenvalue weighted by Gasteiger charge is -2.20. The minimum Gasteiger partial charge on any atom is -0.467 e. The van der Waals surface area contributed by atoms with Gasteiger partial charge in [0.15, 0.2) is 0 Å². The lowest BCUT2D eigenvalue weighted by molar-refractivity contribution is -0.143. The van der Waals surface area contributed by atoms with Crippen LogP contribution in [0.25, 0.3) is 0 Å². The quantitative estimate of drug-likeness (QED) is 0.478. The van der Waals surface area contributed by atoms with Crippen LogP contribution in [-0.2, 0) is 14.3 Å². The monoisotopic (exact) mass is 432 g/mol. The Balaban J connectivity index is 2.55. The maximum absolute atomic E-state index is 12.5. The molecule has 1 atom stereocenters. The first-order chi connectivity index (χ1) is 13.0. The molecule has 28 heavy (non-hydrogen) atoms. The summed E-state index contributed by atoms with van der Waals surface area (Å²) in [6.07, 6.45) is 0.983. The standard InChI is InChI=1S/C19H26Cl2N2O5/c1-19(2,3)28-18(26)22-11-6-5-10-14(17(25)27-4)23-16(24)15-12(20)8-7-9-13(15)21/h7-9,14H,5-6,10-11H2,1-4H3,(H,22,26)(H,23,24)/t14-/m0/s1. The second-order valence-corrected chi connectivity index (χ2v) is 7.88. The summed E-state index contributed by atoms with van der Waals surface area (Å²) in [4.78, 5) is 36.0. The molecule has 2 N–H and O–H groups in total. The van der Waals surface area contributed by atoms with Gasteiger partial charge in [0.1, 0.15) is 11.6 Å². The van der Waals surface area contributed by atoms with E-state index in [1.165, 1.54) is 19.2 Å². The number of ether oxygens (including phenoxy) is 2. The molecule has 156 valence electrons.